The number of pyridine rings is 2. The Balaban J connectivity index is 2.26. The zero-order valence-corrected chi connectivity index (χ0v) is 13.3. The Labute approximate surface area is 138 Å². The molecule has 24 heavy (non-hydrogen) atoms. The molecule has 0 unspecified atom stereocenters. The minimum Gasteiger partial charge on any atom is -0.462 e. The minimum atomic E-state index is -0.680. The van der Waals surface area contributed by atoms with Gasteiger partial charge in [-0.15, -0.1) is 0 Å². The van der Waals surface area contributed by atoms with Gasteiger partial charge in [-0.05, 0) is 31.5 Å². The maximum absolute atomic E-state index is 12.5. The Morgan fingerprint density at radius 1 is 1.42 bits per heavy atom. The monoisotopic (exact) mass is 327 g/mol. The number of nitrogens with two attached hydrogens (primary N) is 1. The van der Waals surface area contributed by atoms with Gasteiger partial charge in [0.1, 0.15) is 11.3 Å². The maximum Gasteiger partial charge on any atom is 0.340 e. The van der Waals surface area contributed by atoms with Gasteiger partial charge >= 0.3 is 5.97 Å². The molecule has 2 aromatic heterocycles. The molecule has 0 saturated carbocycles. The first kappa shape index (κ1) is 15.8. The van der Waals surface area contributed by atoms with Crippen molar-refractivity contribution in [3.63, 3.8) is 0 Å². The molecule has 0 fully saturated rings. The molecule has 7 nitrogen and oxygen atoms in total. The Morgan fingerprint density at radius 2 is 2.12 bits per heavy atom. The van der Waals surface area contributed by atoms with Crippen molar-refractivity contribution < 1.29 is 14.3 Å². The SMILES string of the molecule is CCOC(=O)C1=C(N)Oc2cc(C)[nH]c(=O)c2[C@H]1c1ccncc1. The average molecular weight is 327 g/mol. The average Bonchev–Trinajstić information content (AvgIpc) is 2.54. The normalized spacial score (nSPS) is 16.3. The van der Waals surface area contributed by atoms with E-state index in [-0.39, 0.29) is 23.6 Å². The van der Waals surface area contributed by atoms with Crippen LogP contribution in [0.1, 0.15) is 29.7 Å². The van der Waals surface area contributed by atoms with Crippen LogP contribution in [0.15, 0.2) is 46.8 Å². The summed E-state index contributed by atoms with van der Waals surface area (Å²) >= 11 is 0. The van der Waals surface area contributed by atoms with Crippen LogP contribution in [0.5, 0.6) is 5.75 Å². The van der Waals surface area contributed by atoms with E-state index in [2.05, 4.69) is 9.97 Å². The molecule has 2 aromatic rings. The van der Waals surface area contributed by atoms with Crippen LogP contribution in [-0.2, 0) is 9.53 Å². The fourth-order valence-electron chi connectivity index (χ4n) is 2.80. The number of ether oxygens (including phenoxy) is 2. The molecule has 0 radical (unpaired) electrons. The van der Waals surface area contributed by atoms with Gasteiger partial charge in [-0.1, -0.05) is 0 Å². The number of carbonyl (C=O) groups excluding carboxylic acids is 1. The fourth-order valence-corrected chi connectivity index (χ4v) is 2.80. The number of H-pyrrole nitrogens is 1. The number of hydrogen-bond acceptors (Lipinski definition) is 6. The number of nitrogens with zero attached hydrogens (tertiary/aromatic N) is 1. The van der Waals surface area contributed by atoms with Gasteiger partial charge in [0.25, 0.3) is 5.56 Å². The largest absolute Gasteiger partial charge is 0.462 e. The Bertz CT molecular complexity index is 871. The van der Waals surface area contributed by atoms with Crippen molar-refractivity contribution in [1.29, 1.82) is 0 Å². The molecule has 1 atom stereocenters. The molecule has 7 heteroatoms. The van der Waals surface area contributed by atoms with E-state index in [1.807, 2.05) is 0 Å². The van der Waals surface area contributed by atoms with Crippen LogP contribution >= 0.6 is 0 Å². The lowest BCUT2D eigenvalue weighted by Gasteiger charge is -2.27. The van der Waals surface area contributed by atoms with Gasteiger partial charge in [-0.25, -0.2) is 4.79 Å². The second kappa shape index (κ2) is 6.19. The van der Waals surface area contributed by atoms with Crippen LogP contribution in [0.3, 0.4) is 0 Å². The molecule has 1 aliphatic heterocycles. The van der Waals surface area contributed by atoms with Crippen LogP contribution in [-0.4, -0.2) is 22.5 Å². The summed E-state index contributed by atoms with van der Waals surface area (Å²) in [5.41, 5.74) is 7.43. The molecule has 0 spiro atoms. The molecular formula is C17H17N3O4. The molecule has 3 heterocycles. The number of aryl methyl sites for hydroxylation is 1. The first-order valence-electron chi connectivity index (χ1n) is 7.51. The summed E-state index contributed by atoms with van der Waals surface area (Å²) in [6.45, 7) is 3.63. The summed E-state index contributed by atoms with van der Waals surface area (Å²) in [6.07, 6.45) is 3.18. The van der Waals surface area contributed by atoms with E-state index in [0.29, 0.717) is 22.6 Å². The first-order chi connectivity index (χ1) is 11.5. The number of rotatable bonds is 3. The third-order valence-corrected chi connectivity index (χ3v) is 3.77. The number of esters is 1. The molecule has 0 aromatic carbocycles. The van der Waals surface area contributed by atoms with Crippen molar-refractivity contribution in [2.45, 2.75) is 19.8 Å². The van der Waals surface area contributed by atoms with Crippen LogP contribution in [0.4, 0.5) is 0 Å². The number of carbonyl (C=O) groups is 1. The maximum atomic E-state index is 12.5. The van der Waals surface area contributed by atoms with Crippen molar-refractivity contribution in [1.82, 2.24) is 9.97 Å². The van der Waals surface area contributed by atoms with Gasteiger partial charge in [0.05, 0.1) is 18.1 Å². The van der Waals surface area contributed by atoms with E-state index in [4.69, 9.17) is 15.2 Å². The van der Waals surface area contributed by atoms with E-state index >= 15 is 0 Å². The highest BCUT2D eigenvalue weighted by Crippen LogP contribution is 2.40. The molecule has 0 amide bonds. The molecule has 1 aliphatic rings. The highest BCUT2D eigenvalue weighted by atomic mass is 16.5. The van der Waals surface area contributed by atoms with Crippen molar-refractivity contribution in [3.8, 4) is 5.75 Å². The second-order valence-electron chi connectivity index (χ2n) is 5.37. The third-order valence-electron chi connectivity index (χ3n) is 3.77. The van der Waals surface area contributed by atoms with Gasteiger partial charge in [-0.3, -0.25) is 9.78 Å². The predicted octanol–water partition coefficient (Wildman–Crippen LogP) is 1.34. The van der Waals surface area contributed by atoms with E-state index < -0.39 is 11.9 Å². The topological polar surface area (TPSA) is 107 Å². The van der Waals surface area contributed by atoms with Crippen molar-refractivity contribution >= 4 is 5.97 Å². The van der Waals surface area contributed by atoms with E-state index in [1.165, 1.54) is 0 Å². The van der Waals surface area contributed by atoms with Crippen LogP contribution in [0, 0.1) is 6.92 Å². The molecule has 124 valence electrons. The lowest BCUT2D eigenvalue weighted by Crippen LogP contribution is -2.32. The van der Waals surface area contributed by atoms with Crippen molar-refractivity contribution in [2.24, 2.45) is 5.73 Å². The molecular weight excluding hydrogens is 310 g/mol. The molecule has 3 N–H and O–H groups in total. The van der Waals surface area contributed by atoms with Gasteiger partial charge in [0.2, 0.25) is 5.88 Å². The summed E-state index contributed by atoms with van der Waals surface area (Å²) in [6, 6.07) is 5.14. The molecule has 0 bridgehead atoms. The van der Waals surface area contributed by atoms with Crippen molar-refractivity contribution in [2.75, 3.05) is 6.61 Å². The number of aromatic nitrogens is 2. The summed E-state index contributed by atoms with van der Waals surface area (Å²) < 4.78 is 10.6. The van der Waals surface area contributed by atoms with Crippen molar-refractivity contribution in [3.05, 3.63) is 69.2 Å². The van der Waals surface area contributed by atoms with E-state index in [1.54, 1.807) is 44.4 Å². The van der Waals surface area contributed by atoms with Crippen LogP contribution in [0.25, 0.3) is 0 Å². The summed E-state index contributed by atoms with van der Waals surface area (Å²) in [4.78, 5) is 31.7. The number of aromatic amines is 1. The minimum absolute atomic E-state index is 0.0623. The van der Waals surface area contributed by atoms with Crippen LogP contribution < -0.4 is 16.0 Å². The molecule has 0 saturated heterocycles. The van der Waals surface area contributed by atoms with E-state index in [0.717, 1.165) is 0 Å². The predicted molar refractivity (Wildman–Crippen MR) is 86.4 cm³/mol. The highest BCUT2D eigenvalue weighted by Gasteiger charge is 2.37. The quantitative estimate of drug-likeness (QED) is 0.824. The summed E-state index contributed by atoms with van der Waals surface area (Å²) in [5.74, 6) is -1.01. The van der Waals surface area contributed by atoms with Gasteiger partial charge < -0.3 is 20.2 Å². The standard InChI is InChI=1S/C17H17N3O4/c1-3-23-17(22)14-12(10-4-6-19-7-5-10)13-11(24-15(14)18)8-9(2)20-16(13)21/h4-8,12H,3,18H2,1-2H3,(H,20,21)/t12-/m1/s1. The highest BCUT2D eigenvalue weighted by molar-refractivity contribution is 5.92. The molecule has 3 rings (SSSR count). The van der Waals surface area contributed by atoms with Gasteiger partial charge in [0, 0.05) is 24.2 Å². The fraction of sp³-hybridized carbons (Fsp3) is 0.235. The molecule has 0 aliphatic carbocycles. The summed E-state index contributed by atoms with van der Waals surface area (Å²) in [5, 5.41) is 0. The number of nitrogens with one attached hydrogen (secondary N) is 1. The van der Waals surface area contributed by atoms with Crippen LogP contribution in [0.2, 0.25) is 0 Å². The van der Waals surface area contributed by atoms with Gasteiger partial charge in [0.15, 0.2) is 0 Å². The Kier molecular flexibility index (Phi) is 4.07. The Morgan fingerprint density at radius 3 is 2.79 bits per heavy atom. The Hall–Kier alpha value is -3.09. The van der Waals surface area contributed by atoms with Gasteiger partial charge in [-0.2, -0.15) is 0 Å². The summed E-state index contributed by atoms with van der Waals surface area (Å²) in [7, 11) is 0. The smallest absolute Gasteiger partial charge is 0.340 e. The second-order valence-corrected chi connectivity index (χ2v) is 5.37. The lowest BCUT2D eigenvalue weighted by molar-refractivity contribution is -0.139. The lowest BCUT2D eigenvalue weighted by atomic mass is 9.84. The number of fused-ring (bicyclic) bond motifs is 1. The van der Waals surface area contributed by atoms with E-state index in [9.17, 15) is 9.59 Å². The third kappa shape index (κ3) is 2.64. The number of hydrogen-bond donors (Lipinski definition) is 2. The zero-order chi connectivity index (χ0) is 17.3. The first-order valence-corrected chi connectivity index (χ1v) is 7.51. The zero-order valence-electron chi connectivity index (χ0n) is 13.3.